The summed E-state index contributed by atoms with van der Waals surface area (Å²) in [6.07, 6.45) is 1.76. The molecular formula is C29H30FN5O3. The van der Waals surface area contributed by atoms with E-state index in [0.717, 1.165) is 56.1 Å². The first-order valence-electron chi connectivity index (χ1n) is 12.8. The van der Waals surface area contributed by atoms with Gasteiger partial charge in [0.15, 0.2) is 5.88 Å². The van der Waals surface area contributed by atoms with Crippen LogP contribution in [0.15, 0.2) is 59.7 Å². The van der Waals surface area contributed by atoms with Crippen LogP contribution in [-0.2, 0) is 4.74 Å². The molecule has 0 amide bonds. The van der Waals surface area contributed by atoms with Crippen molar-refractivity contribution in [1.29, 1.82) is 0 Å². The van der Waals surface area contributed by atoms with E-state index in [2.05, 4.69) is 19.8 Å². The number of benzene rings is 2. The van der Waals surface area contributed by atoms with Crippen LogP contribution in [0.2, 0.25) is 0 Å². The van der Waals surface area contributed by atoms with Crippen LogP contribution in [-0.4, -0.2) is 78.2 Å². The summed E-state index contributed by atoms with van der Waals surface area (Å²) in [7, 11) is 1.52. The van der Waals surface area contributed by atoms with Gasteiger partial charge in [-0.25, -0.2) is 9.37 Å². The summed E-state index contributed by atoms with van der Waals surface area (Å²) in [6, 6.07) is 14.7. The monoisotopic (exact) mass is 515 g/mol. The summed E-state index contributed by atoms with van der Waals surface area (Å²) >= 11 is 0. The van der Waals surface area contributed by atoms with Crippen LogP contribution in [0.25, 0.3) is 22.0 Å². The van der Waals surface area contributed by atoms with Crippen molar-refractivity contribution in [2.75, 3.05) is 51.4 Å². The number of anilines is 1. The Morgan fingerprint density at radius 1 is 1.13 bits per heavy atom. The molecule has 0 atom stereocenters. The van der Waals surface area contributed by atoms with E-state index in [9.17, 15) is 9.50 Å². The fourth-order valence-electron chi connectivity index (χ4n) is 5.29. The highest BCUT2D eigenvalue weighted by Gasteiger charge is 2.29. The number of hydrogen-bond donors (Lipinski definition) is 2. The number of ether oxygens (including phenoxy) is 2. The van der Waals surface area contributed by atoms with Crippen molar-refractivity contribution in [3.63, 3.8) is 0 Å². The molecule has 4 heterocycles. The summed E-state index contributed by atoms with van der Waals surface area (Å²) in [6.45, 7) is 7.41. The van der Waals surface area contributed by atoms with Gasteiger partial charge in [-0.3, -0.25) is 9.89 Å². The highest BCUT2D eigenvalue weighted by molar-refractivity contribution is 6.13. The Balaban J connectivity index is 1.25. The number of H-pyrrole nitrogens is 1. The molecule has 0 aliphatic carbocycles. The lowest BCUT2D eigenvalue weighted by molar-refractivity contribution is -0.0661. The maximum absolute atomic E-state index is 14.7. The van der Waals surface area contributed by atoms with Crippen molar-refractivity contribution >= 4 is 28.1 Å². The summed E-state index contributed by atoms with van der Waals surface area (Å²) in [5, 5.41) is 11.5. The Morgan fingerprint density at radius 3 is 2.63 bits per heavy atom. The molecular weight excluding hydrogens is 485 g/mol. The van der Waals surface area contributed by atoms with E-state index in [-0.39, 0.29) is 11.7 Å². The molecule has 0 bridgehead atoms. The first kappa shape index (κ1) is 24.4. The quantitative estimate of drug-likeness (QED) is 0.361. The summed E-state index contributed by atoms with van der Waals surface area (Å²) < 4.78 is 25.5. The summed E-state index contributed by atoms with van der Waals surface area (Å²) in [4.78, 5) is 17.2. The van der Waals surface area contributed by atoms with Gasteiger partial charge in [-0.15, -0.1) is 0 Å². The average Bonchev–Trinajstić information content (AvgIpc) is 3.23. The lowest BCUT2D eigenvalue weighted by atomic mass is 10.00. The van der Waals surface area contributed by atoms with Gasteiger partial charge in [-0.05, 0) is 48.9 Å². The molecule has 0 unspecified atom stereocenters. The number of nitrogens with zero attached hydrogens (tertiary/aromatic N) is 4. The molecule has 2 fully saturated rings. The number of aliphatic imine (C=N–C) groups is 1. The number of aromatic amines is 1. The fourth-order valence-corrected chi connectivity index (χ4v) is 5.29. The zero-order valence-electron chi connectivity index (χ0n) is 21.4. The van der Waals surface area contributed by atoms with Crippen LogP contribution in [0.3, 0.4) is 0 Å². The predicted molar refractivity (Wildman–Crippen MR) is 146 cm³/mol. The Hall–Kier alpha value is -3.95. The molecule has 196 valence electrons. The fraction of sp³-hybridized carbons (Fsp3) is 0.310. The third-order valence-electron chi connectivity index (χ3n) is 7.43. The smallest absolute Gasteiger partial charge is 0.198 e. The van der Waals surface area contributed by atoms with E-state index < -0.39 is 0 Å². The van der Waals surface area contributed by atoms with Crippen LogP contribution < -0.4 is 9.64 Å². The molecule has 2 saturated heterocycles. The minimum Gasteiger partial charge on any atom is -0.496 e. The van der Waals surface area contributed by atoms with Gasteiger partial charge >= 0.3 is 0 Å². The number of fused-ring (bicyclic) bond motifs is 1. The second kappa shape index (κ2) is 10.1. The van der Waals surface area contributed by atoms with Crippen LogP contribution in [0.1, 0.15) is 12.5 Å². The number of aromatic hydroxyl groups is 1. The number of piperazine rings is 1. The van der Waals surface area contributed by atoms with Crippen LogP contribution in [0, 0.1) is 5.82 Å². The third-order valence-corrected chi connectivity index (χ3v) is 7.43. The van der Waals surface area contributed by atoms with Crippen molar-refractivity contribution in [3.05, 3.63) is 66.1 Å². The predicted octanol–water partition coefficient (Wildman–Crippen LogP) is 4.74. The van der Waals surface area contributed by atoms with E-state index in [1.165, 1.54) is 13.2 Å². The van der Waals surface area contributed by atoms with Crippen LogP contribution in [0.4, 0.5) is 15.9 Å². The number of hydrogen-bond acceptors (Lipinski definition) is 7. The van der Waals surface area contributed by atoms with E-state index in [1.54, 1.807) is 24.4 Å². The first-order chi connectivity index (χ1) is 18.5. The number of methoxy groups -OCH3 is 1. The molecule has 2 N–H and O–H groups in total. The molecule has 6 rings (SSSR count). The maximum Gasteiger partial charge on any atom is 0.198 e. The Kier molecular flexibility index (Phi) is 6.47. The number of nitrogens with one attached hydrogen (secondary N) is 1. The van der Waals surface area contributed by atoms with Gasteiger partial charge in [-0.2, -0.15) is 0 Å². The van der Waals surface area contributed by atoms with E-state index >= 15 is 0 Å². The molecule has 2 aliphatic heterocycles. The van der Waals surface area contributed by atoms with Crippen molar-refractivity contribution in [2.45, 2.75) is 13.0 Å². The Bertz CT molecular complexity index is 1490. The van der Waals surface area contributed by atoms with Gasteiger partial charge in [0.05, 0.1) is 55.1 Å². The molecule has 9 heteroatoms. The second-order valence-electron chi connectivity index (χ2n) is 9.71. The molecule has 0 radical (unpaired) electrons. The first-order valence-corrected chi connectivity index (χ1v) is 12.8. The lowest BCUT2D eigenvalue weighted by Gasteiger charge is -2.42. The van der Waals surface area contributed by atoms with Gasteiger partial charge in [0.25, 0.3) is 0 Å². The molecule has 2 aromatic heterocycles. The van der Waals surface area contributed by atoms with Crippen LogP contribution in [0.5, 0.6) is 11.6 Å². The van der Waals surface area contributed by atoms with E-state index in [1.807, 2.05) is 31.2 Å². The number of halogens is 1. The van der Waals surface area contributed by atoms with Crippen LogP contribution >= 0.6 is 0 Å². The highest BCUT2D eigenvalue weighted by Crippen LogP contribution is 2.37. The minimum atomic E-state index is -0.375. The van der Waals surface area contributed by atoms with E-state index in [0.29, 0.717) is 39.9 Å². The largest absolute Gasteiger partial charge is 0.496 e. The molecule has 0 saturated carbocycles. The minimum absolute atomic E-state index is 0.0122. The van der Waals surface area contributed by atoms with E-state index in [4.69, 9.17) is 14.5 Å². The SMILES string of the molecule is COc1cccc(F)c1-c1ccc2[nH]c(O)c(C(C)=Nc3ccc(N4CCN(C5COC5)CC4)nc3)c2c1. The highest BCUT2D eigenvalue weighted by atomic mass is 19.1. The zero-order chi connectivity index (χ0) is 26.2. The Labute approximate surface area is 220 Å². The van der Waals surface area contributed by atoms with Gasteiger partial charge in [-0.1, -0.05) is 12.1 Å². The van der Waals surface area contributed by atoms with Gasteiger partial charge < -0.3 is 24.5 Å². The second-order valence-corrected chi connectivity index (χ2v) is 9.71. The van der Waals surface area contributed by atoms with Crippen molar-refractivity contribution in [3.8, 4) is 22.8 Å². The van der Waals surface area contributed by atoms with Crippen molar-refractivity contribution < 1.29 is 19.0 Å². The van der Waals surface area contributed by atoms with Gasteiger partial charge in [0.1, 0.15) is 17.4 Å². The molecule has 2 aliphatic rings. The van der Waals surface area contributed by atoms with Crippen molar-refractivity contribution in [2.24, 2.45) is 4.99 Å². The molecule has 2 aromatic carbocycles. The molecule has 4 aromatic rings. The number of pyridine rings is 1. The lowest BCUT2D eigenvalue weighted by Crippen LogP contribution is -2.56. The molecule has 0 spiro atoms. The third kappa shape index (κ3) is 4.48. The summed E-state index contributed by atoms with van der Waals surface area (Å²) in [5.74, 6) is 1.02. The molecule has 8 nitrogen and oxygen atoms in total. The van der Waals surface area contributed by atoms with Gasteiger partial charge in [0.2, 0.25) is 0 Å². The number of aromatic nitrogens is 2. The maximum atomic E-state index is 14.7. The summed E-state index contributed by atoms with van der Waals surface area (Å²) in [5.41, 5.74) is 3.63. The molecule has 38 heavy (non-hydrogen) atoms. The zero-order valence-corrected chi connectivity index (χ0v) is 21.4. The normalized spacial score (nSPS) is 17.1. The standard InChI is InChI=1S/C29H30FN5O3/c1-18(32-20-7-9-26(31-15-20)35-12-10-34(11-13-35)21-16-38-17-21)27-22-14-19(6-8-24(22)33-29(27)36)28-23(30)4-3-5-25(28)37-2/h3-9,14-15,21,33,36H,10-13,16-17H2,1-2H3. The van der Waals surface area contributed by atoms with Crippen molar-refractivity contribution in [1.82, 2.24) is 14.9 Å². The average molecular weight is 516 g/mol. The number of rotatable bonds is 6. The Morgan fingerprint density at radius 2 is 1.95 bits per heavy atom. The van der Waals surface area contributed by atoms with Gasteiger partial charge in [0, 0.05) is 37.1 Å². The topological polar surface area (TPSA) is 86.2 Å².